The van der Waals surface area contributed by atoms with E-state index >= 15 is 0 Å². The summed E-state index contributed by atoms with van der Waals surface area (Å²) in [5.74, 6) is 0.396. The highest BCUT2D eigenvalue weighted by molar-refractivity contribution is 5.90. The van der Waals surface area contributed by atoms with Gasteiger partial charge in [-0.1, -0.05) is 35.5 Å². The first-order chi connectivity index (χ1) is 8.78. The van der Waals surface area contributed by atoms with Gasteiger partial charge in [0.1, 0.15) is 6.29 Å². The number of aldehydes is 1. The standard InChI is InChI=1S/C14H10N2O2/c15-14-12-6-5-11(7-13(12)18-16-14)10-3-1-9(8-17)2-4-10/h1-8H,(H2,15,16). The number of nitrogen functional groups attached to an aromatic ring is 1. The maximum absolute atomic E-state index is 10.6. The molecular formula is C14H10N2O2. The number of carbonyl (C=O) groups is 1. The van der Waals surface area contributed by atoms with Crippen LogP contribution in [0.1, 0.15) is 10.4 Å². The van der Waals surface area contributed by atoms with Crippen LogP contribution < -0.4 is 5.73 Å². The monoisotopic (exact) mass is 238 g/mol. The fourth-order valence-electron chi connectivity index (χ4n) is 1.89. The summed E-state index contributed by atoms with van der Waals surface area (Å²) in [5, 5.41) is 4.52. The first kappa shape index (κ1) is 10.5. The van der Waals surface area contributed by atoms with Crippen LogP contribution in [0.4, 0.5) is 5.82 Å². The van der Waals surface area contributed by atoms with E-state index in [-0.39, 0.29) is 0 Å². The molecule has 0 aliphatic carbocycles. The normalized spacial score (nSPS) is 10.7. The Morgan fingerprint density at radius 1 is 1.06 bits per heavy atom. The smallest absolute Gasteiger partial charge is 0.174 e. The van der Waals surface area contributed by atoms with Gasteiger partial charge in [0.2, 0.25) is 0 Å². The second-order valence-corrected chi connectivity index (χ2v) is 4.02. The zero-order valence-corrected chi connectivity index (χ0v) is 9.46. The lowest BCUT2D eigenvalue weighted by molar-refractivity contribution is 0.112. The first-order valence-electron chi connectivity index (χ1n) is 5.48. The van der Waals surface area contributed by atoms with Crippen molar-refractivity contribution in [1.29, 1.82) is 0 Å². The van der Waals surface area contributed by atoms with E-state index in [0.29, 0.717) is 17.0 Å². The van der Waals surface area contributed by atoms with Crippen LogP contribution >= 0.6 is 0 Å². The van der Waals surface area contributed by atoms with Gasteiger partial charge in [0.25, 0.3) is 0 Å². The average Bonchev–Trinajstić information content (AvgIpc) is 2.80. The summed E-state index contributed by atoms with van der Waals surface area (Å²) in [6.07, 6.45) is 0.824. The number of benzene rings is 2. The Balaban J connectivity index is 2.09. The second kappa shape index (κ2) is 4.00. The molecule has 0 spiro atoms. The van der Waals surface area contributed by atoms with Crippen molar-refractivity contribution in [3.63, 3.8) is 0 Å². The quantitative estimate of drug-likeness (QED) is 0.697. The molecule has 0 saturated heterocycles. The molecule has 0 bridgehead atoms. The van der Waals surface area contributed by atoms with Crippen LogP contribution in [0, 0.1) is 0 Å². The van der Waals surface area contributed by atoms with Gasteiger partial charge < -0.3 is 10.3 Å². The van der Waals surface area contributed by atoms with Gasteiger partial charge in [-0.05, 0) is 23.3 Å². The molecule has 1 heterocycles. The van der Waals surface area contributed by atoms with E-state index in [4.69, 9.17) is 10.3 Å². The third-order valence-corrected chi connectivity index (χ3v) is 2.88. The van der Waals surface area contributed by atoms with Gasteiger partial charge in [-0.25, -0.2) is 0 Å². The summed E-state index contributed by atoms with van der Waals surface area (Å²) in [6.45, 7) is 0. The Morgan fingerprint density at radius 2 is 1.78 bits per heavy atom. The minimum Gasteiger partial charge on any atom is -0.380 e. The molecule has 4 nitrogen and oxygen atoms in total. The molecule has 0 aliphatic heterocycles. The van der Waals surface area contributed by atoms with E-state index in [0.717, 1.165) is 22.8 Å². The van der Waals surface area contributed by atoms with Crippen LogP contribution in [-0.4, -0.2) is 11.4 Å². The molecule has 1 aromatic heterocycles. The molecule has 0 atom stereocenters. The highest BCUT2D eigenvalue weighted by atomic mass is 16.5. The molecule has 2 N–H and O–H groups in total. The molecule has 0 aliphatic rings. The zero-order chi connectivity index (χ0) is 12.5. The molecular weight excluding hydrogens is 228 g/mol. The lowest BCUT2D eigenvalue weighted by Gasteiger charge is -2.01. The third-order valence-electron chi connectivity index (χ3n) is 2.88. The zero-order valence-electron chi connectivity index (χ0n) is 9.46. The number of hydrogen-bond donors (Lipinski definition) is 1. The number of aromatic nitrogens is 1. The van der Waals surface area contributed by atoms with Crippen LogP contribution in [0.2, 0.25) is 0 Å². The molecule has 4 heteroatoms. The highest BCUT2D eigenvalue weighted by Crippen LogP contribution is 2.27. The summed E-state index contributed by atoms with van der Waals surface area (Å²) in [5.41, 5.74) is 8.98. The van der Waals surface area contributed by atoms with Crippen LogP contribution in [0.3, 0.4) is 0 Å². The molecule has 0 radical (unpaired) electrons. The molecule has 0 amide bonds. The van der Waals surface area contributed by atoms with Gasteiger partial charge >= 0.3 is 0 Å². The van der Waals surface area contributed by atoms with Crippen molar-refractivity contribution in [3.05, 3.63) is 48.0 Å². The molecule has 0 saturated carbocycles. The summed E-state index contributed by atoms with van der Waals surface area (Å²) < 4.78 is 5.12. The Morgan fingerprint density at radius 3 is 2.50 bits per heavy atom. The third kappa shape index (κ3) is 1.64. The Labute approximate surface area is 103 Å². The maximum atomic E-state index is 10.6. The van der Waals surface area contributed by atoms with Gasteiger partial charge in [-0.15, -0.1) is 0 Å². The number of nitrogens with two attached hydrogens (primary N) is 1. The van der Waals surface area contributed by atoms with E-state index < -0.39 is 0 Å². The van der Waals surface area contributed by atoms with Crippen LogP contribution in [0.15, 0.2) is 47.0 Å². The molecule has 3 rings (SSSR count). The topological polar surface area (TPSA) is 69.1 Å². The number of rotatable bonds is 2. The van der Waals surface area contributed by atoms with Gasteiger partial charge in [0.15, 0.2) is 11.4 Å². The lowest BCUT2D eigenvalue weighted by atomic mass is 10.0. The SMILES string of the molecule is Nc1noc2cc(-c3ccc(C=O)cc3)ccc12. The molecule has 0 unspecified atom stereocenters. The summed E-state index contributed by atoms with van der Waals surface area (Å²) >= 11 is 0. The van der Waals surface area contributed by atoms with Gasteiger partial charge in [0, 0.05) is 5.56 Å². The molecule has 18 heavy (non-hydrogen) atoms. The molecule has 88 valence electrons. The fourth-order valence-corrected chi connectivity index (χ4v) is 1.89. The van der Waals surface area contributed by atoms with Crippen molar-refractivity contribution in [3.8, 4) is 11.1 Å². The molecule has 2 aromatic carbocycles. The number of anilines is 1. The average molecular weight is 238 g/mol. The van der Waals surface area contributed by atoms with E-state index in [2.05, 4.69) is 5.16 Å². The van der Waals surface area contributed by atoms with Crippen molar-refractivity contribution in [2.24, 2.45) is 0 Å². The van der Waals surface area contributed by atoms with E-state index in [1.165, 1.54) is 0 Å². The van der Waals surface area contributed by atoms with Crippen molar-refractivity contribution < 1.29 is 9.32 Å². The van der Waals surface area contributed by atoms with E-state index in [1.54, 1.807) is 12.1 Å². The van der Waals surface area contributed by atoms with Gasteiger partial charge in [-0.2, -0.15) is 0 Å². The fraction of sp³-hybridized carbons (Fsp3) is 0. The predicted octanol–water partition coefficient (Wildman–Crippen LogP) is 2.89. The van der Waals surface area contributed by atoms with E-state index in [1.807, 2.05) is 30.3 Å². The second-order valence-electron chi connectivity index (χ2n) is 4.02. The Hall–Kier alpha value is -2.62. The van der Waals surface area contributed by atoms with Crippen LogP contribution in [0.5, 0.6) is 0 Å². The lowest BCUT2D eigenvalue weighted by Crippen LogP contribution is -1.84. The Kier molecular flexibility index (Phi) is 2.34. The number of hydrogen-bond acceptors (Lipinski definition) is 4. The highest BCUT2D eigenvalue weighted by Gasteiger charge is 2.06. The van der Waals surface area contributed by atoms with Crippen LogP contribution in [0.25, 0.3) is 22.1 Å². The van der Waals surface area contributed by atoms with Crippen molar-refractivity contribution in [1.82, 2.24) is 5.16 Å². The summed E-state index contributed by atoms with van der Waals surface area (Å²) in [7, 11) is 0. The first-order valence-corrected chi connectivity index (χ1v) is 5.48. The Bertz CT molecular complexity index is 714. The largest absolute Gasteiger partial charge is 0.380 e. The van der Waals surface area contributed by atoms with Crippen LogP contribution in [-0.2, 0) is 0 Å². The van der Waals surface area contributed by atoms with Crippen molar-refractivity contribution >= 4 is 23.1 Å². The molecule has 0 fully saturated rings. The number of fused-ring (bicyclic) bond motifs is 1. The minimum atomic E-state index is 0.396. The van der Waals surface area contributed by atoms with Gasteiger partial charge in [0.05, 0.1) is 5.39 Å². The summed E-state index contributed by atoms with van der Waals surface area (Å²) in [6, 6.07) is 13.1. The summed E-state index contributed by atoms with van der Waals surface area (Å²) in [4.78, 5) is 10.6. The number of nitrogens with zero attached hydrogens (tertiary/aromatic N) is 1. The van der Waals surface area contributed by atoms with Gasteiger partial charge in [-0.3, -0.25) is 4.79 Å². The predicted molar refractivity (Wildman–Crippen MR) is 69.2 cm³/mol. The maximum Gasteiger partial charge on any atom is 0.174 e. The van der Waals surface area contributed by atoms with Crippen molar-refractivity contribution in [2.45, 2.75) is 0 Å². The minimum absolute atomic E-state index is 0.396. The molecule has 3 aromatic rings. The number of carbonyl (C=O) groups excluding carboxylic acids is 1. The van der Waals surface area contributed by atoms with E-state index in [9.17, 15) is 4.79 Å². The van der Waals surface area contributed by atoms with Crippen molar-refractivity contribution in [2.75, 3.05) is 5.73 Å².